The van der Waals surface area contributed by atoms with E-state index in [-0.39, 0.29) is 5.91 Å². The van der Waals surface area contributed by atoms with Crippen LogP contribution in [0.25, 0.3) is 0 Å². The third-order valence-corrected chi connectivity index (χ3v) is 2.45. The maximum Gasteiger partial charge on any atom is 0.251 e. The van der Waals surface area contributed by atoms with E-state index < -0.39 is 0 Å². The molecular formula is C13H22N4O. The van der Waals surface area contributed by atoms with Crippen molar-refractivity contribution in [1.82, 2.24) is 15.2 Å². The van der Waals surface area contributed by atoms with Gasteiger partial charge in [0, 0.05) is 24.8 Å². The second-order valence-electron chi connectivity index (χ2n) is 4.37. The number of carbonyl (C=O) groups is 1. The molecule has 0 fully saturated rings. The Kier molecular flexibility index (Phi) is 6.14. The van der Waals surface area contributed by atoms with Crippen molar-refractivity contribution >= 4 is 11.7 Å². The van der Waals surface area contributed by atoms with Gasteiger partial charge in [-0.1, -0.05) is 0 Å². The van der Waals surface area contributed by atoms with Gasteiger partial charge in [-0.3, -0.25) is 4.79 Å². The summed E-state index contributed by atoms with van der Waals surface area (Å²) in [5, 5.41) is 5.99. The molecule has 18 heavy (non-hydrogen) atoms. The van der Waals surface area contributed by atoms with Crippen LogP contribution >= 0.6 is 0 Å². The molecule has 0 atom stereocenters. The lowest BCUT2D eigenvalue weighted by Gasteiger charge is -2.10. The average Bonchev–Trinajstić information content (AvgIpc) is 2.35. The zero-order valence-electron chi connectivity index (χ0n) is 11.4. The van der Waals surface area contributed by atoms with Gasteiger partial charge in [0.15, 0.2) is 0 Å². The summed E-state index contributed by atoms with van der Waals surface area (Å²) in [4.78, 5) is 18.1. The number of amides is 1. The van der Waals surface area contributed by atoms with E-state index in [0.717, 1.165) is 25.3 Å². The van der Waals surface area contributed by atoms with Crippen molar-refractivity contribution in [3.63, 3.8) is 0 Å². The van der Waals surface area contributed by atoms with Crippen LogP contribution in [0.3, 0.4) is 0 Å². The molecule has 1 heterocycles. The van der Waals surface area contributed by atoms with Crippen molar-refractivity contribution in [3.8, 4) is 0 Å². The molecule has 0 aromatic carbocycles. The lowest BCUT2D eigenvalue weighted by Crippen LogP contribution is -2.27. The van der Waals surface area contributed by atoms with E-state index in [4.69, 9.17) is 0 Å². The predicted octanol–water partition coefficient (Wildman–Crippen LogP) is 1.19. The number of nitrogens with one attached hydrogen (secondary N) is 2. The fourth-order valence-electron chi connectivity index (χ4n) is 1.55. The molecule has 1 aromatic rings. The highest BCUT2D eigenvalue weighted by Crippen LogP contribution is 2.06. The smallest absolute Gasteiger partial charge is 0.251 e. The summed E-state index contributed by atoms with van der Waals surface area (Å²) in [6.45, 7) is 4.45. The number of carbonyl (C=O) groups excluding carboxylic acids is 1. The normalized spacial score (nSPS) is 10.4. The Bertz CT molecular complexity index is 379. The summed E-state index contributed by atoms with van der Waals surface area (Å²) in [6.07, 6.45) is 2.59. The van der Waals surface area contributed by atoms with Crippen molar-refractivity contribution in [2.24, 2.45) is 0 Å². The van der Waals surface area contributed by atoms with Gasteiger partial charge in [0.25, 0.3) is 5.91 Å². The van der Waals surface area contributed by atoms with Crippen LogP contribution < -0.4 is 10.6 Å². The third kappa shape index (κ3) is 5.14. The minimum Gasteiger partial charge on any atom is -0.370 e. The van der Waals surface area contributed by atoms with Crippen molar-refractivity contribution in [2.75, 3.05) is 39.0 Å². The van der Waals surface area contributed by atoms with Gasteiger partial charge in [0.1, 0.15) is 5.82 Å². The first kappa shape index (κ1) is 14.4. The summed E-state index contributed by atoms with van der Waals surface area (Å²) in [6, 6.07) is 3.49. The SMILES string of the molecule is CCNc1cc(C(=O)NCCCN(C)C)ccn1. The second-order valence-corrected chi connectivity index (χ2v) is 4.37. The molecule has 0 saturated heterocycles. The fourth-order valence-corrected chi connectivity index (χ4v) is 1.55. The van der Waals surface area contributed by atoms with Crippen LogP contribution in [0, 0.1) is 0 Å². The molecular weight excluding hydrogens is 228 g/mol. The van der Waals surface area contributed by atoms with Gasteiger partial charge in [0.05, 0.1) is 0 Å². The van der Waals surface area contributed by atoms with Crippen molar-refractivity contribution < 1.29 is 4.79 Å². The molecule has 5 heteroatoms. The predicted molar refractivity (Wildman–Crippen MR) is 73.9 cm³/mol. The molecule has 5 nitrogen and oxygen atoms in total. The molecule has 2 N–H and O–H groups in total. The number of pyridine rings is 1. The van der Waals surface area contributed by atoms with Crippen LogP contribution in [0.4, 0.5) is 5.82 Å². The number of hydrogen-bond donors (Lipinski definition) is 2. The molecule has 0 unspecified atom stereocenters. The number of anilines is 1. The molecule has 1 rings (SSSR count). The molecule has 0 aliphatic heterocycles. The molecule has 1 aromatic heterocycles. The first-order valence-electron chi connectivity index (χ1n) is 6.26. The summed E-state index contributed by atoms with van der Waals surface area (Å²) < 4.78 is 0. The highest BCUT2D eigenvalue weighted by atomic mass is 16.1. The van der Waals surface area contributed by atoms with Crippen LogP contribution in [0.15, 0.2) is 18.3 Å². The van der Waals surface area contributed by atoms with Crippen LogP contribution in [0.5, 0.6) is 0 Å². The Morgan fingerprint density at radius 1 is 1.44 bits per heavy atom. The lowest BCUT2D eigenvalue weighted by atomic mass is 10.2. The summed E-state index contributed by atoms with van der Waals surface area (Å²) in [7, 11) is 4.04. The fraction of sp³-hybridized carbons (Fsp3) is 0.538. The Morgan fingerprint density at radius 2 is 2.22 bits per heavy atom. The molecule has 0 aliphatic carbocycles. The first-order chi connectivity index (χ1) is 8.63. The minimum absolute atomic E-state index is 0.0460. The third-order valence-electron chi connectivity index (χ3n) is 2.45. The lowest BCUT2D eigenvalue weighted by molar-refractivity contribution is 0.0952. The van der Waals surface area contributed by atoms with Crippen LogP contribution in [0.1, 0.15) is 23.7 Å². The summed E-state index contributed by atoms with van der Waals surface area (Å²) in [5.74, 6) is 0.689. The summed E-state index contributed by atoms with van der Waals surface area (Å²) in [5.41, 5.74) is 0.644. The molecule has 100 valence electrons. The molecule has 1 amide bonds. The Morgan fingerprint density at radius 3 is 2.89 bits per heavy atom. The van der Waals surface area contributed by atoms with Gasteiger partial charge < -0.3 is 15.5 Å². The average molecular weight is 250 g/mol. The number of hydrogen-bond acceptors (Lipinski definition) is 4. The standard InChI is InChI=1S/C13H22N4O/c1-4-14-12-10-11(6-8-15-12)13(18)16-7-5-9-17(2)3/h6,8,10H,4-5,7,9H2,1-3H3,(H,14,15)(H,16,18). The van der Waals surface area contributed by atoms with Crippen LogP contribution in [-0.4, -0.2) is 49.5 Å². The minimum atomic E-state index is -0.0460. The van der Waals surface area contributed by atoms with Gasteiger partial charge in [-0.05, 0) is 46.1 Å². The molecule has 0 saturated carbocycles. The first-order valence-corrected chi connectivity index (χ1v) is 6.26. The number of nitrogens with zero attached hydrogens (tertiary/aromatic N) is 2. The Hall–Kier alpha value is -1.62. The maximum absolute atomic E-state index is 11.9. The quantitative estimate of drug-likeness (QED) is 0.714. The van der Waals surface area contributed by atoms with Crippen molar-refractivity contribution in [2.45, 2.75) is 13.3 Å². The van der Waals surface area contributed by atoms with Gasteiger partial charge in [-0.15, -0.1) is 0 Å². The highest BCUT2D eigenvalue weighted by Gasteiger charge is 2.05. The van der Waals surface area contributed by atoms with E-state index in [2.05, 4.69) is 20.5 Å². The van der Waals surface area contributed by atoms with Crippen LogP contribution in [-0.2, 0) is 0 Å². The van der Waals surface area contributed by atoms with Crippen molar-refractivity contribution in [3.05, 3.63) is 23.9 Å². The van der Waals surface area contributed by atoms with E-state index in [9.17, 15) is 4.79 Å². The molecule has 0 aliphatic rings. The van der Waals surface area contributed by atoms with E-state index >= 15 is 0 Å². The maximum atomic E-state index is 11.9. The zero-order valence-corrected chi connectivity index (χ0v) is 11.4. The molecule has 0 radical (unpaired) electrons. The largest absolute Gasteiger partial charge is 0.370 e. The molecule has 0 spiro atoms. The van der Waals surface area contributed by atoms with E-state index in [1.807, 2.05) is 21.0 Å². The van der Waals surface area contributed by atoms with Gasteiger partial charge in [0.2, 0.25) is 0 Å². The number of rotatable bonds is 7. The second kappa shape index (κ2) is 7.66. The zero-order chi connectivity index (χ0) is 13.4. The monoisotopic (exact) mass is 250 g/mol. The topological polar surface area (TPSA) is 57.3 Å². The van der Waals surface area contributed by atoms with E-state index in [0.29, 0.717) is 12.1 Å². The Balaban J connectivity index is 2.43. The van der Waals surface area contributed by atoms with Crippen LogP contribution in [0.2, 0.25) is 0 Å². The van der Waals surface area contributed by atoms with Gasteiger partial charge in [-0.25, -0.2) is 4.98 Å². The Labute approximate surface area is 109 Å². The van der Waals surface area contributed by atoms with E-state index in [1.165, 1.54) is 0 Å². The van der Waals surface area contributed by atoms with Gasteiger partial charge >= 0.3 is 0 Å². The molecule has 0 bridgehead atoms. The highest BCUT2D eigenvalue weighted by molar-refractivity contribution is 5.94. The van der Waals surface area contributed by atoms with E-state index in [1.54, 1.807) is 18.3 Å². The van der Waals surface area contributed by atoms with Crippen molar-refractivity contribution in [1.29, 1.82) is 0 Å². The summed E-state index contributed by atoms with van der Waals surface area (Å²) >= 11 is 0. The number of aromatic nitrogens is 1. The van der Waals surface area contributed by atoms with Gasteiger partial charge in [-0.2, -0.15) is 0 Å².